The van der Waals surface area contributed by atoms with Crippen molar-refractivity contribution in [3.8, 4) is 11.4 Å². The lowest BCUT2D eigenvalue weighted by Crippen LogP contribution is -2.12. The zero-order valence-corrected chi connectivity index (χ0v) is 10.0. The van der Waals surface area contributed by atoms with E-state index in [0.29, 0.717) is 11.4 Å². The number of anilines is 2. The Labute approximate surface area is 106 Å². The third kappa shape index (κ3) is 2.18. The van der Waals surface area contributed by atoms with Gasteiger partial charge in [-0.3, -0.25) is 5.32 Å². The molecule has 2 aromatic heterocycles. The van der Waals surface area contributed by atoms with Crippen molar-refractivity contribution in [2.24, 2.45) is 7.05 Å². The highest BCUT2D eigenvalue weighted by molar-refractivity contribution is 6.31. The number of nitrogens with one attached hydrogen (secondary N) is 1. The number of hydrogen-bond acceptors (Lipinski definition) is 5. The second-order valence-corrected chi connectivity index (χ2v) is 3.77. The first-order chi connectivity index (χ1) is 8.49. The Hall–Kier alpha value is -2.35. The van der Waals surface area contributed by atoms with Gasteiger partial charge in [0.1, 0.15) is 0 Å². The Bertz CT molecular complexity index is 611. The van der Waals surface area contributed by atoms with Crippen LogP contribution in [0.5, 0.6) is 0 Å². The minimum Gasteiger partial charge on any atom is -0.465 e. The maximum atomic E-state index is 10.7. The smallest absolute Gasteiger partial charge is 0.410 e. The van der Waals surface area contributed by atoms with E-state index in [1.54, 1.807) is 19.2 Å². The van der Waals surface area contributed by atoms with E-state index in [1.807, 2.05) is 0 Å². The van der Waals surface area contributed by atoms with Crippen LogP contribution in [0.3, 0.4) is 0 Å². The molecular weight excluding hydrogens is 260 g/mol. The lowest BCUT2D eigenvalue weighted by molar-refractivity contribution is 0.209. The number of carboxylic acid groups (broad SMARTS) is 1. The van der Waals surface area contributed by atoms with Crippen molar-refractivity contribution in [1.82, 2.24) is 20.0 Å². The highest BCUT2D eigenvalue weighted by Gasteiger charge is 2.16. The van der Waals surface area contributed by atoms with Crippen LogP contribution in [0, 0.1) is 0 Å². The number of nitrogens with zero attached hydrogens (tertiary/aromatic N) is 4. The number of hydrogen-bond donors (Lipinski definition) is 3. The monoisotopic (exact) mass is 268 g/mol. The molecule has 0 unspecified atom stereocenters. The maximum absolute atomic E-state index is 10.7. The van der Waals surface area contributed by atoms with Gasteiger partial charge in [-0.15, -0.1) is 5.10 Å². The zero-order chi connectivity index (χ0) is 13.3. The number of carbonyl (C=O) groups is 1. The number of aryl methyl sites for hydroxylation is 1. The second kappa shape index (κ2) is 4.49. The first-order valence-electron chi connectivity index (χ1n) is 4.81. The largest absolute Gasteiger partial charge is 0.465 e. The normalized spacial score (nSPS) is 10.3. The van der Waals surface area contributed by atoms with Crippen LogP contribution in [0.4, 0.5) is 16.3 Å². The van der Waals surface area contributed by atoms with Crippen molar-refractivity contribution in [2.45, 2.75) is 0 Å². The van der Waals surface area contributed by atoms with Crippen LogP contribution in [0.1, 0.15) is 0 Å². The van der Waals surface area contributed by atoms with Crippen molar-refractivity contribution >= 4 is 29.2 Å². The summed E-state index contributed by atoms with van der Waals surface area (Å²) in [6.07, 6.45) is -1.22. The first-order valence-corrected chi connectivity index (χ1v) is 5.19. The van der Waals surface area contributed by atoms with Gasteiger partial charge in [-0.05, 0) is 12.1 Å². The van der Waals surface area contributed by atoms with E-state index in [-0.39, 0.29) is 16.7 Å². The molecule has 0 radical (unpaired) electrons. The Morgan fingerprint density at radius 3 is 2.89 bits per heavy atom. The molecule has 0 saturated heterocycles. The molecule has 0 atom stereocenters. The van der Waals surface area contributed by atoms with Crippen molar-refractivity contribution in [2.75, 3.05) is 11.1 Å². The fourth-order valence-corrected chi connectivity index (χ4v) is 1.50. The van der Waals surface area contributed by atoms with Gasteiger partial charge in [0.25, 0.3) is 0 Å². The topological polar surface area (TPSA) is 119 Å². The summed E-state index contributed by atoms with van der Waals surface area (Å²) in [5, 5.41) is 18.6. The fourth-order valence-electron chi connectivity index (χ4n) is 1.35. The highest BCUT2D eigenvalue weighted by Crippen LogP contribution is 2.26. The van der Waals surface area contributed by atoms with Gasteiger partial charge in [-0.1, -0.05) is 16.8 Å². The molecule has 1 amide bonds. The minimum atomic E-state index is -1.22. The van der Waals surface area contributed by atoms with Gasteiger partial charge in [0.05, 0.1) is 11.4 Å². The van der Waals surface area contributed by atoms with E-state index in [4.69, 9.17) is 22.4 Å². The molecule has 0 saturated carbocycles. The van der Waals surface area contributed by atoms with Crippen LogP contribution in [0.25, 0.3) is 11.4 Å². The lowest BCUT2D eigenvalue weighted by Gasteiger charge is -2.04. The summed E-state index contributed by atoms with van der Waals surface area (Å²) in [7, 11) is 1.56. The molecular formula is C9H9ClN6O2. The molecule has 9 heteroatoms. The SMILES string of the molecule is Cn1nnc(-c2ccc(N)c(Cl)n2)c1NC(=O)O. The predicted molar refractivity (Wildman–Crippen MR) is 65.3 cm³/mol. The molecule has 94 valence electrons. The van der Waals surface area contributed by atoms with Crippen LogP contribution in [-0.2, 0) is 7.05 Å². The minimum absolute atomic E-state index is 0.124. The maximum Gasteiger partial charge on any atom is 0.410 e. The Balaban J connectivity index is 2.50. The quantitative estimate of drug-likeness (QED) is 0.704. The van der Waals surface area contributed by atoms with Gasteiger partial charge in [0.15, 0.2) is 16.7 Å². The van der Waals surface area contributed by atoms with E-state index in [9.17, 15) is 4.79 Å². The molecule has 0 spiro atoms. The summed E-state index contributed by atoms with van der Waals surface area (Å²) < 4.78 is 1.29. The van der Waals surface area contributed by atoms with Gasteiger partial charge in [-0.25, -0.2) is 14.5 Å². The van der Waals surface area contributed by atoms with Gasteiger partial charge in [0, 0.05) is 7.05 Å². The molecule has 8 nitrogen and oxygen atoms in total. The summed E-state index contributed by atoms with van der Waals surface area (Å²) >= 11 is 5.80. The first kappa shape index (κ1) is 12.1. The van der Waals surface area contributed by atoms with Crippen LogP contribution in [0.2, 0.25) is 5.15 Å². The average molecular weight is 269 g/mol. The van der Waals surface area contributed by atoms with Crippen LogP contribution in [0.15, 0.2) is 12.1 Å². The molecule has 18 heavy (non-hydrogen) atoms. The number of pyridine rings is 1. The second-order valence-electron chi connectivity index (χ2n) is 3.42. The zero-order valence-electron chi connectivity index (χ0n) is 9.25. The van der Waals surface area contributed by atoms with E-state index >= 15 is 0 Å². The van der Waals surface area contributed by atoms with E-state index in [0.717, 1.165) is 0 Å². The van der Waals surface area contributed by atoms with Crippen LogP contribution in [-0.4, -0.2) is 31.2 Å². The predicted octanol–water partition coefficient (Wildman–Crippen LogP) is 1.20. The number of rotatable bonds is 2. The molecule has 2 heterocycles. The van der Waals surface area contributed by atoms with Gasteiger partial charge < -0.3 is 10.8 Å². The van der Waals surface area contributed by atoms with Crippen molar-refractivity contribution < 1.29 is 9.90 Å². The molecule has 2 aromatic rings. The Morgan fingerprint density at radius 2 is 2.28 bits per heavy atom. The van der Waals surface area contributed by atoms with Gasteiger partial charge in [-0.2, -0.15) is 0 Å². The third-order valence-corrected chi connectivity index (χ3v) is 2.48. The molecule has 0 fully saturated rings. The summed E-state index contributed by atoms with van der Waals surface area (Å²) in [5.74, 6) is 0.204. The van der Waals surface area contributed by atoms with Gasteiger partial charge >= 0.3 is 6.09 Å². The molecule has 4 N–H and O–H groups in total. The molecule has 0 aliphatic rings. The van der Waals surface area contributed by atoms with Crippen molar-refractivity contribution in [3.05, 3.63) is 17.3 Å². The van der Waals surface area contributed by atoms with E-state index in [1.165, 1.54) is 4.68 Å². The number of amides is 1. The summed E-state index contributed by atoms with van der Waals surface area (Å²) in [6.45, 7) is 0. The third-order valence-electron chi connectivity index (χ3n) is 2.17. The fraction of sp³-hybridized carbons (Fsp3) is 0.111. The van der Waals surface area contributed by atoms with Crippen LogP contribution < -0.4 is 11.1 Å². The number of aromatic nitrogens is 4. The van der Waals surface area contributed by atoms with E-state index in [2.05, 4.69) is 20.6 Å². The molecule has 2 rings (SSSR count). The average Bonchev–Trinajstić information content (AvgIpc) is 2.64. The molecule has 0 aromatic carbocycles. The van der Waals surface area contributed by atoms with E-state index < -0.39 is 6.09 Å². The standard InChI is InChI=1S/C9H9ClN6O2/c1-16-8(13-9(17)18)6(14-15-16)5-3-2-4(11)7(10)12-5/h2-3,13H,11H2,1H3,(H,17,18). The molecule has 0 bridgehead atoms. The Morgan fingerprint density at radius 1 is 1.56 bits per heavy atom. The van der Waals surface area contributed by atoms with Crippen LogP contribution >= 0.6 is 11.6 Å². The van der Waals surface area contributed by atoms with Gasteiger partial charge in [0.2, 0.25) is 0 Å². The summed E-state index contributed by atoms with van der Waals surface area (Å²) in [4.78, 5) is 14.7. The highest BCUT2D eigenvalue weighted by atomic mass is 35.5. The summed E-state index contributed by atoms with van der Waals surface area (Å²) in [5.41, 5.74) is 6.54. The molecule has 0 aliphatic carbocycles. The number of nitrogen functional groups attached to an aromatic ring is 1. The van der Waals surface area contributed by atoms with Crippen molar-refractivity contribution in [1.29, 1.82) is 0 Å². The van der Waals surface area contributed by atoms with Crippen molar-refractivity contribution in [3.63, 3.8) is 0 Å². The Kier molecular flexibility index (Phi) is 3.02. The lowest BCUT2D eigenvalue weighted by atomic mass is 10.2. The molecule has 0 aliphatic heterocycles. The number of halogens is 1. The summed E-state index contributed by atoms with van der Waals surface area (Å²) in [6, 6.07) is 3.14. The number of nitrogens with two attached hydrogens (primary N) is 1.